The highest BCUT2D eigenvalue weighted by Crippen LogP contribution is 2.54. The van der Waals surface area contributed by atoms with Crippen molar-refractivity contribution in [2.45, 2.75) is 44.3 Å². The Morgan fingerprint density at radius 2 is 1.76 bits per heavy atom. The average Bonchev–Trinajstić information content (AvgIpc) is 3.29. The van der Waals surface area contributed by atoms with Gasteiger partial charge in [-0.1, -0.05) is 17.7 Å². The Morgan fingerprint density at radius 3 is 2.42 bits per heavy atom. The van der Waals surface area contributed by atoms with Crippen LogP contribution in [0.5, 0.6) is 11.5 Å². The number of carbonyl (C=O) groups is 3. The smallest absolute Gasteiger partial charge is 0.250 e. The van der Waals surface area contributed by atoms with E-state index in [-0.39, 0.29) is 23.8 Å². The lowest BCUT2D eigenvalue weighted by Gasteiger charge is -2.34. The number of nitrogens with zero attached hydrogens (tertiary/aromatic N) is 1. The minimum absolute atomic E-state index is 0.253. The van der Waals surface area contributed by atoms with E-state index in [0.717, 1.165) is 0 Å². The second-order valence-electron chi connectivity index (χ2n) is 9.92. The number of rotatable bonds is 2. The molecule has 0 saturated carbocycles. The lowest BCUT2D eigenvalue weighted by molar-refractivity contribution is -0.147. The van der Waals surface area contributed by atoms with Crippen molar-refractivity contribution in [3.63, 3.8) is 0 Å². The first kappa shape index (κ1) is 21.7. The minimum Gasteiger partial charge on any atom is -0.504 e. The first-order chi connectivity index (χ1) is 15.4. The van der Waals surface area contributed by atoms with Gasteiger partial charge in [-0.3, -0.25) is 24.6 Å². The van der Waals surface area contributed by atoms with Crippen molar-refractivity contribution in [1.29, 1.82) is 0 Å². The van der Waals surface area contributed by atoms with Gasteiger partial charge in [-0.05, 0) is 63.1 Å². The lowest BCUT2D eigenvalue weighted by atomic mass is 9.76. The summed E-state index contributed by atoms with van der Waals surface area (Å²) in [5.74, 6) is -3.40. The average molecular weight is 470 g/mol. The number of aromatic hydroxyl groups is 2. The number of carbonyl (C=O) groups excluding carboxylic acids is 3. The number of amides is 3. The van der Waals surface area contributed by atoms with Gasteiger partial charge in [0.25, 0.3) is 0 Å². The zero-order chi connectivity index (χ0) is 23.9. The van der Waals surface area contributed by atoms with Gasteiger partial charge in [-0.25, -0.2) is 0 Å². The molecule has 2 saturated heterocycles. The van der Waals surface area contributed by atoms with Crippen LogP contribution in [-0.4, -0.2) is 44.4 Å². The molecule has 33 heavy (non-hydrogen) atoms. The van der Waals surface area contributed by atoms with Crippen molar-refractivity contribution >= 4 is 35.0 Å². The summed E-state index contributed by atoms with van der Waals surface area (Å²) >= 11 is 6.26. The van der Waals surface area contributed by atoms with E-state index in [1.54, 1.807) is 45.0 Å². The Labute approximate surface area is 195 Å². The molecule has 0 radical (unpaired) electrons. The maximum absolute atomic E-state index is 13.7. The van der Waals surface area contributed by atoms with Gasteiger partial charge in [0.05, 0.1) is 11.8 Å². The number of fused-ring (bicyclic) bond motifs is 4. The number of halogens is 1. The van der Waals surface area contributed by atoms with E-state index in [1.165, 1.54) is 17.0 Å². The molecule has 172 valence electrons. The summed E-state index contributed by atoms with van der Waals surface area (Å²) in [5.41, 5.74) is -0.456. The summed E-state index contributed by atoms with van der Waals surface area (Å²) in [6.07, 6.45) is 0.261. The van der Waals surface area contributed by atoms with Crippen LogP contribution in [0, 0.1) is 11.8 Å². The van der Waals surface area contributed by atoms with Crippen LogP contribution in [0.25, 0.3) is 0 Å². The zero-order valence-electron chi connectivity index (χ0n) is 18.3. The molecule has 3 heterocycles. The van der Waals surface area contributed by atoms with Crippen molar-refractivity contribution < 1.29 is 24.6 Å². The van der Waals surface area contributed by atoms with E-state index in [1.807, 2.05) is 0 Å². The number of anilines is 1. The largest absolute Gasteiger partial charge is 0.504 e. The number of hydrogen-bond acceptors (Lipinski definition) is 6. The Bertz CT molecular complexity index is 1220. The van der Waals surface area contributed by atoms with Crippen LogP contribution in [0.2, 0.25) is 5.02 Å². The van der Waals surface area contributed by atoms with Gasteiger partial charge in [0.15, 0.2) is 11.5 Å². The molecule has 2 fully saturated rings. The van der Waals surface area contributed by atoms with Crippen molar-refractivity contribution in [3.8, 4) is 11.5 Å². The van der Waals surface area contributed by atoms with E-state index in [9.17, 15) is 24.6 Å². The molecule has 5 rings (SSSR count). The fraction of sp³-hybridized carbons (Fsp3) is 0.375. The number of hydrogen-bond donors (Lipinski definition) is 4. The number of benzene rings is 2. The molecule has 4 N–H and O–H groups in total. The molecule has 3 aliphatic rings. The third kappa shape index (κ3) is 2.97. The van der Waals surface area contributed by atoms with Crippen LogP contribution in [0.3, 0.4) is 0 Å². The third-order valence-corrected chi connectivity index (χ3v) is 7.08. The highest BCUT2D eigenvalue weighted by atomic mass is 35.5. The number of phenolic OH excluding ortho intramolecular Hbond substituents is 2. The monoisotopic (exact) mass is 469 g/mol. The predicted octanol–water partition coefficient (Wildman–Crippen LogP) is 2.51. The van der Waals surface area contributed by atoms with Gasteiger partial charge in [0.2, 0.25) is 17.7 Å². The van der Waals surface area contributed by atoms with Gasteiger partial charge in [0, 0.05) is 27.9 Å². The molecule has 1 spiro atoms. The van der Waals surface area contributed by atoms with Crippen LogP contribution >= 0.6 is 11.6 Å². The molecule has 8 nitrogen and oxygen atoms in total. The number of likely N-dealkylation sites (tertiary alicyclic amines) is 1. The molecule has 0 aromatic heterocycles. The number of nitrogens with one attached hydrogen (secondary N) is 2. The van der Waals surface area contributed by atoms with Gasteiger partial charge < -0.3 is 15.5 Å². The van der Waals surface area contributed by atoms with Gasteiger partial charge in [-0.15, -0.1) is 0 Å². The van der Waals surface area contributed by atoms with Crippen molar-refractivity contribution in [2.75, 3.05) is 5.32 Å². The molecule has 0 aliphatic carbocycles. The van der Waals surface area contributed by atoms with E-state index >= 15 is 0 Å². The summed E-state index contributed by atoms with van der Waals surface area (Å²) < 4.78 is 0. The van der Waals surface area contributed by atoms with Gasteiger partial charge in [0.1, 0.15) is 5.54 Å². The molecule has 4 atom stereocenters. The Hall–Kier alpha value is -3.10. The van der Waals surface area contributed by atoms with Crippen molar-refractivity contribution in [1.82, 2.24) is 10.2 Å². The maximum atomic E-state index is 13.7. The molecule has 9 heteroatoms. The van der Waals surface area contributed by atoms with E-state index in [2.05, 4.69) is 10.6 Å². The van der Waals surface area contributed by atoms with Gasteiger partial charge in [-0.2, -0.15) is 0 Å². The second-order valence-corrected chi connectivity index (χ2v) is 10.4. The van der Waals surface area contributed by atoms with Gasteiger partial charge >= 0.3 is 0 Å². The molecule has 3 amide bonds. The molecule has 0 unspecified atom stereocenters. The van der Waals surface area contributed by atoms with Crippen LogP contribution in [-0.2, 0) is 26.3 Å². The van der Waals surface area contributed by atoms with Crippen LogP contribution in [0.15, 0.2) is 36.4 Å². The predicted molar refractivity (Wildman–Crippen MR) is 121 cm³/mol. The van der Waals surface area contributed by atoms with Crippen LogP contribution in [0.1, 0.15) is 31.9 Å². The molecule has 0 bridgehead atoms. The molecule has 3 aliphatic heterocycles. The van der Waals surface area contributed by atoms with Crippen molar-refractivity contribution in [3.05, 3.63) is 52.5 Å². The molecule has 2 aromatic carbocycles. The summed E-state index contributed by atoms with van der Waals surface area (Å²) in [6.45, 7) is 5.36. The standard InChI is InChI=1S/C24H24ClN3O5/c1-23(2,3)28-20(31)18-15(8-11-4-7-16(29)17(30)9-11)27-24(19(18)21(28)32)13-10-12(25)5-6-14(13)26-22(24)33/h4-7,9-10,15,18-19,27,29-30H,8H2,1-3H3,(H,26,33)/t15-,18-,19-,24+/m0/s1. The fourth-order valence-corrected chi connectivity index (χ4v) is 5.73. The summed E-state index contributed by atoms with van der Waals surface area (Å²) in [4.78, 5) is 42.0. The Morgan fingerprint density at radius 1 is 1.03 bits per heavy atom. The lowest BCUT2D eigenvalue weighted by Crippen LogP contribution is -2.56. The normalized spacial score (nSPS) is 28.4. The second kappa shape index (κ2) is 6.95. The Balaban J connectivity index is 1.66. The van der Waals surface area contributed by atoms with Crippen molar-refractivity contribution in [2.24, 2.45) is 11.8 Å². The topological polar surface area (TPSA) is 119 Å². The molecular weight excluding hydrogens is 446 g/mol. The zero-order valence-corrected chi connectivity index (χ0v) is 19.1. The molecule has 2 aromatic rings. The summed E-state index contributed by atoms with van der Waals surface area (Å²) in [7, 11) is 0. The third-order valence-electron chi connectivity index (χ3n) is 6.84. The summed E-state index contributed by atoms with van der Waals surface area (Å²) in [6, 6.07) is 8.86. The number of phenols is 2. The van der Waals surface area contributed by atoms with E-state index < -0.39 is 40.8 Å². The highest BCUT2D eigenvalue weighted by Gasteiger charge is 2.71. The van der Waals surface area contributed by atoms with Crippen LogP contribution in [0.4, 0.5) is 5.69 Å². The highest BCUT2D eigenvalue weighted by molar-refractivity contribution is 6.31. The van der Waals surface area contributed by atoms with E-state index in [0.29, 0.717) is 21.8 Å². The van der Waals surface area contributed by atoms with E-state index in [4.69, 9.17) is 11.6 Å². The molecular formula is C24H24ClN3O5. The Kier molecular flexibility index (Phi) is 4.58. The minimum atomic E-state index is -1.44. The first-order valence-electron chi connectivity index (χ1n) is 10.7. The maximum Gasteiger partial charge on any atom is 0.250 e. The first-order valence-corrected chi connectivity index (χ1v) is 11.1. The van der Waals surface area contributed by atoms with Crippen LogP contribution < -0.4 is 10.6 Å². The summed E-state index contributed by atoms with van der Waals surface area (Å²) in [5, 5.41) is 26.2. The number of imide groups is 1. The quantitative estimate of drug-likeness (QED) is 0.396. The fourth-order valence-electron chi connectivity index (χ4n) is 5.56. The SMILES string of the molecule is CC(C)(C)N1C(=O)[C@H]2[C@H](Cc3ccc(O)c(O)c3)N[C@@]3(C(=O)Nc4ccc(Cl)cc43)[C@@H]2C1=O.